The molecule has 4 aliphatic rings. The molecule has 0 amide bonds. The zero-order chi connectivity index (χ0) is 21.0. The highest BCUT2D eigenvalue weighted by molar-refractivity contribution is 5.86. The Balaban J connectivity index is 1.76. The maximum absolute atomic E-state index is 2.59. The number of allylic oxidation sites excluding steroid dienone is 4. The fourth-order valence-electron chi connectivity index (χ4n) is 6.38. The van der Waals surface area contributed by atoms with E-state index < -0.39 is 0 Å². The minimum Gasteiger partial charge on any atom is -0.0564 e. The minimum absolute atomic E-state index is 0.276. The standard InChI is InChI=1S/C29H38/c1-26(2)9-11-28(5,6)24-16-20-18(14-22(24)26)13-19-15-23-25(17-21(19)20)29(7,8)12-10-27(23,3)4/h13-16H,9-12,17H2,1-8H3. The van der Waals surface area contributed by atoms with Crippen LogP contribution in [0.1, 0.15) is 98.6 Å². The fraction of sp³-hybridized carbons (Fsp3) is 0.586. The second-order valence-electron chi connectivity index (χ2n) is 12.8. The first kappa shape index (κ1) is 19.4. The largest absolute Gasteiger partial charge is 0.0564 e. The Morgan fingerprint density at radius 3 is 1.83 bits per heavy atom. The van der Waals surface area contributed by atoms with Crippen molar-refractivity contribution in [2.45, 2.75) is 98.3 Å². The summed E-state index contributed by atoms with van der Waals surface area (Å²) in [5, 5.41) is 2.98. The third kappa shape index (κ3) is 2.70. The van der Waals surface area contributed by atoms with Gasteiger partial charge in [0.25, 0.3) is 0 Å². The lowest BCUT2D eigenvalue weighted by Crippen LogP contribution is -2.38. The number of rotatable bonds is 0. The lowest BCUT2D eigenvalue weighted by Gasteiger charge is -2.45. The molecule has 0 unspecified atom stereocenters. The molecule has 0 N–H and O–H groups in total. The molecular weight excluding hydrogens is 348 g/mol. The van der Waals surface area contributed by atoms with Gasteiger partial charge in [-0.1, -0.05) is 79.2 Å². The van der Waals surface area contributed by atoms with Crippen molar-refractivity contribution in [3.05, 3.63) is 56.5 Å². The summed E-state index contributed by atoms with van der Waals surface area (Å²) < 4.78 is 0. The van der Waals surface area contributed by atoms with Crippen molar-refractivity contribution in [1.82, 2.24) is 0 Å². The van der Waals surface area contributed by atoms with Gasteiger partial charge in [-0.15, -0.1) is 0 Å². The summed E-state index contributed by atoms with van der Waals surface area (Å²) in [7, 11) is 0. The Labute approximate surface area is 177 Å². The third-order valence-electron chi connectivity index (χ3n) is 8.91. The highest BCUT2D eigenvalue weighted by Gasteiger charge is 2.41. The Kier molecular flexibility index (Phi) is 3.73. The predicted octanol–water partition coefficient (Wildman–Crippen LogP) is 6.45. The average Bonchev–Trinajstić information content (AvgIpc) is 2.98. The molecule has 0 nitrogen and oxygen atoms in total. The van der Waals surface area contributed by atoms with E-state index in [1.165, 1.54) is 41.7 Å². The van der Waals surface area contributed by atoms with Crippen LogP contribution >= 0.6 is 0 Å². The van der Waals surface area contributed by atoms with Crippen molar-refractivity contribution in [1.29, 1.82) is 0 Å². The van der Waals surface area contributed by atoms with Gasteiger partial charge in [0.05, 0.1) is 0 Å². The summed E-state index contributed by atoms with van der Waals surface area (Å²) in [4.78, 5) is 0. The van der Waals surface area contributed by atoms with Gasteiger partial charge in [0.1, 0.15) is 0 Å². The summed E-state index contributed by atoms with van der Waals surface area (Å²) in [6, 6.07) is 5.14. The summed E-state index contributed by atoms with van der Waals surface area (Å²) in [6.07, 6.45) is 11.4. The smallest absolute Gasteiger partial charge is 0.00436 e. The quantitative estimate of drug-likeness (QED) is 0.480. The van der Waals surface area contributed by atoms with Gasteiger partial charge in [-0.05, 0) is 98.1 Å². The van der Waals surface area contributed by atoms with E-state index in [1.54, 1.807) is 27.8 Å². The van der Waals surface area contributed by atoms with Gasteiger partial charge in [-0.3, -0.25) is 0 Å². The SMILES string of the molecule is CC1(C)CCC(C)(C)C2=C1C=C1C=c3cc4c(cc3=C1C2)C(C)(C)CCC4(C)C. The normalized spacial score (nSPS) is 27.3. The van der Waals surface area contributed by atoms with Crippen LogP contribution in [0.2, 0.25) is 0 Å². The van der Waals surface area contributed by atoms with E-state index in [0.717, 1.165) is 6.42 Å². The molecule has 0 saturated carbocycles. The highest BCUT2D eigenvalue weighted by atomic mass is 14.5. The molecule has 0 heteroatoms. The molecule has 0 saturated heterocycles. The summed E-state index contributed by atoms with van der Waals surface area (Å²) in [6.45, 7) is 19.6. The van der Waals surface area contributed by atoms with Crippen molar-refractivity contribution in [2.24, 2.45) is 10.8 Å². The molecule has 0 heterocycles. The lowest BCUT2D eigenvalue weighted by molar-refractivity contribution is 0.263. The van der Waals surface area contributed by atoms with Gasteiger partial charge in [0.2, 0.25) is 0 Å². The second-order valence-corrected chi connectivity index (χ2v) is 12.8. The first-order valence-corrected chi connectivity index (χ1v) is 11.7. The highest BCUT2D eigenvalue weighted by Crippen LogP contribution is 2.54. The number of hydrogen-bond acceptors (Lipinski definition) is 0. The zero-order valence-corrected chi connectivity index (χ0v) is 19.8. The van der Waals surface area contributed by atoms with Crippen LogP contribution in [0.4, 0.5) is 0 Å². The van der Waals surface area contributed by atoms with E-state index in [0.29, 0.717) is 10.8 Å². The summed E-state index contributed by atoms with van der Waals surface area (Å²) >= 11 is 0. The van der Waals surface area contributed by atoms with Crippen LogP contribution in [0.25, 0.3) is 11.6 Å². The van der Waals surface area contributed by atoms with Gasteiger partial charge in [0.15, 0.2) is 0 Å². The van der Waals surface area contributed by atoms with Crippen molar-refractivity contribution >= 4 is 11.6 Å². The maximum Gasteiger partial charge on any atom is -0.00436 e. The van der Waals surface area contributed by atoms with Gasteiger partial charge in [-0.25, -0.2) is 0 Å². The van der Waals surface area contributed by atoms with E-state index in [9.17, 15) is 0 Å². The molecule has 0 aliphatic heterocycles. The molecule has 0 bridgehead atoms. The first-order valence-electron chi connectivity index (χ1n) is 11.7. The Bertz CT molecular complexity index is 1110. The monoisotopic (exact) mass is 386 g/mol. The van der Waals surface area contributed by atoms with Crippen molar-refractivity contribution in [3.8, 4) is 0 Å². The van der Waals surface area contributed by atoms with E-state index in [4.69, 9.17) is 0 Å². The van der Waals surface area contributed by atoms with Gasteiger partial charge < -0.3 is 0 Å². The molecule has 0 radical (unpaired) electrons. The Hall–Kier alpha value is -1.56. The van der Waals surface area contributed by atoms with Crippen molar-refractivity contribution in [3.63, 3.8) is 0 Å². The van der Waals surface area contributed by atoms with Crippen LogP contribution in [-0.2, 0) is 10.8 Å². The van der Waals surface area contributed by atoms with Crippen molar-refractivity contribution in [2.75, 3.05) is 0 Å². The van der Waals surface area contributed by atoms with E-state index >= 15 is 0 Å². The van der Waals surface area contributed by atoms with Gasteiger partial charge >= 0.3 is 0 Å². The van der Waals surface area contributed by atoms with Crippen molar-refractivity contribution < 1.29 is 0 Å². The second kappa shape index (κ2) is 5.57. The number of benzene rings is 1. The molecule has 0 fully saturated rings. The number of fused-ring (bicyclic) bond motifs is 3. The Morgan fingerprint density at radius 1 is 0.621 bits per heavy atom. The zero-order valence-electron chi connectivity index (χ0n) is 19.8. The molecule has 0 spiro atoms. The minimum atomic E-state index is 0.276. The maximum atomic E-state index is 2.59. The van der Waals surface area contributed by atoms with Gasteiger partial charge in [0, 0.05) is 0 Å². The molecule has 29 heavy (non-hydrogen) atoms. The Morgan fingerprint density at radius 2 is 1.17 bits per heavy atom. The van der Waals surface area contributed by atoms with Crippen LogP contribution in [-0.4, -0.2) is 0 Å². The number of hydrogen-bond donors (Lipinski definition) is 0. The summed E-state index contributed by atoms with van der Waals surface area (Å²) in [5.41, 5.74) is 10.8. The summed E-state index contributed by atoms with van der Waals surface area (Å²) in [5.74, 6) is 0. The van der Waals surface area contributed by atoms with E-state index in [-0.39, 0.29) is 10.8 Å². The predicted molar refractivity (Wildman–Crippen MR) is 125 cm³/mol. The lowest BCUT2D eigenvalue weighted by atomic mass is 9.60. The first-order chi connectivity index (χ1) is 13.3. The molecular formula is C29H38. The topological polar surface area (TPSA) is 0 Å². The fourth-order valence-corrected chi connectivity index (χ4v) is 6.38. The van der Waals surface area contributed by atoms with E-state index in [2.05, 4.69) is 79.7 Å². The molecule has 4 aliphatic carbocycles. The van der Waals surface area contributed by atoms with Gasteiger partial charge in [-0.2, -0.15) is 0 Å². The molecule has 5 rings (SSSR count). The van der Waals surface area contributed by atoms with Crippen LogP contribution < -0.4 is 10.4 Å². The van der Waals surface area contributed by atoms with Crippen LogP contribution in [0, 0.1) is 10.8 Å². The molecule has 1 aromatic carbocycles. The van der Waals surface area contributed by atoms with Crippen LogP contribution in [0.15, 0.2) is 34.9 Å². The van der Waals surface area contributed by atoms with E-state index in [1.807, 2.05) is 0 Å². The average molecular weight is 387 g/mol. The molecule has 0 atom stereocenters. The molecule has 154 valence electrons. The molecule has 0 aromatic heterocycles. The van der Waals surface area contributed by atoms with Crippen LogP contribution in [0.3, 0.4) is 0 Å². The van der Waals surface area contributed by atoms with Crippen LogP contribution in [0.5, 0.6) is 0 Å². The molecule has 1 aromatic rings. The third-order valence-corrected chi connectivity index (χ3v) is 8.91.